The number of nitrogens with one attached hydrogen (secondary N) is 2. The lowest BCUT2D eigenvalue weighted by Gasteiger charge is -2.12. The molecule has 7 nitrogen and oxygen atoms in total. The second-order valence-electron chi connectivity index (χ2n) is 7.41. The molecule has 0 spiro atoms. The van der Waals surface area contributed by atoms with E-state index in [1.807, 2.05) is 19.9 Å². The number of benzene rings is 1. The lowest BCUT2D eigenvalue weighted by atomic mass is 10.1. The molecule has 0 aliphatic carbocycles. The Morgan fingerprint density at radius 3 is 3.00 bits per heavy atom. The molecule has 0 bridgehead atoms. The van der Waals surface area contributed by atoms with Crippen LogP contribution in [0.15, 0.2) is 35.6 Å². The van der Waals surface area contributed by atoms with Crippen molar-refractivity contribution in [2.24, 2.45) is 10.9 Å². The zero-order valence-corrected chi connectivity index (χ0v) is 17.9. The lowest BCUT2D eigenvalue weighted by molar-refractivity contribution is 0.0888. The molecule has 1 saturated heterocycles. The number of aromatic nitrogens is 2. The molecule has 1 fully saturated rings. The molecule has 2 heterocycles. The summed E-state index contributed by atoms with van der Waals surface area (Å²) in [5.41, 5.74) is 1.31. The van der Waals surface area contributed by atoms with Gasteiger partial charge in [-0.2, -0.15) is 0 Å². The van der Waals surface area contributed by atoms with Crippen molar-refractivity contribution in [3.8, 4) is 5.69 Å². The molecule has 2 N–H and O–H groups in total. The molecule has 1 atom stereocenters. The van der Waals surface area contributed by atoms with Gasteiger partial charge in [-0.1, -0.05) is 6.07 Å². The molecule has 1 unspecified atom stereocenters. The topological polar surface area (TPSA) is 72.7 Å². The van der Waals surface area contributed by atoms with Crippen molar-refractivity contribution in [1.29, 1.82) is 0 Å². The summed E-state index contributed by atoms with van der Waals surface area (Å²) in [7, 11) is 0. The standard InChI is InChI=1S/C22H32FN5O2/c1-3-24-22(26-8-4-11-29-15-19-7-12-30-16-19)27-14-18-5-6-21(20(23)13-18)28-10-9-25-17(28)2/h5-6,9-10,13,19H,3-4,7-8,11-12,14-16H2,1-2H3,(H2,24,26,27). The van der Waals surface area contributed by atoms with E-state index in [1.54, 1.807) is 23.0 Å². The largest absolute Gasteiger partial charge is 0.381 e. The highest BCUT2D eigenvalue weighted by Crippen LogP contribution is 2.17. The Morgan fingerprint density at radius 2 is 2.30 bits per heavy atom. The quantitative estimate of drug-likeness (QED) is 0.353. The molecular formula is C22H32FN5O2. The third-order valence-corrected chi connectivity index (χ3v) is 5.00. The number of rotatable bonds is 10. The Kier molecular flexibility index (Phi) is 8.65. The fourth-order valence-corrected chi connectivity index (χ4v) is 3.33. The number of ether oxygens (including phenoxy) is 2. The van der Waals surface area contributed by atoms with Gasteiger partial charge in [0.15, 0.2) is 5.96 Å². The highest BCUT2D eigenvalue weighted by atomic mass is 19.1. The highest BCUT2D eigenvalue weighted by molar-refractivity contribution is 5.79. The van der Waals surface area contributed by atoms with Crippen molar-refractivity contribution in [2.75, 3.05) is 39.5 Å². The summed E-state index contributed by atoms with van der Waals surface area (Å²) < 4.78 is 27.4. The molecule has 0 saturated carbocycles. The number of halogens is 1. The van der Waals surface area contributed by atoms with Gasteiger partial charge in [0, 0.05) is 44.6 Å². The van der Waals surface area contributed by atoms with Crippen LogP contribution in [0.5, 0.6) is 0 Å². The minimum Gasteiger partial charge on any atom is -0.381 e. The first kappa shape index (κ1) is 22.2. The van der Waals surface area contributed by atoms with Crippen LogP contribution in [-0.2, 0) is 16.0 Å². The Morgan fingerprint density at radius 1 is 1.40 bits per heavy atom. The zero-order valence-electron chi connectivity index (χ0n) is 17.9. The molecule has 2 aromatic rings. The first-order chi connectivity index (χ1) is 14.7. The predicted molar refractivity (Wildman–Crippen MR) is 115 cm³/mol. The van der Waals surface area contributed by atoms with Crippen LogP contribution in [0.4, 0.5) is 4.39 Å². The van der Waals surface area contributed by atoms with Crippen molar-refractivity contribution < 1.29 is 13.9 Å². The normalized spacial score (nSPS) is 16.8. The SMILES string of the molecule is CCNC(=NCc1ccc(-n2ccnc2C)c(F)c1)NCCCOCC1CCOC1. The van der Waals surface area contributed by atoms with Crippen molar-refractivity contribution >= 4 is 5.96 Å². The van der Waals surface area contributed by atoms with Crippen LogP contribution in [-0.4, -0.2) is 55.0 Å². The summed E-state index contributed by atoms with van der Waals surface area (Å²) in [6, 6.07) is 5.19. The van der Waals surface area contributed by atoms with Crippen molar-refractivity contribution in [3.05, 3.63) is 47.8 Å². The van der Waals surface area contributed by atoms with Gasteiger partial charge in [0.25, 0.3) is 0 Å². The summed E-state index contributed by atoms with van der Waals surface area (Å²) in [6.45, 7) is 8.95. The minimum atomic E-state index is -0.286. The average molecular weight is 418 g/mol. The number of aliphatic imine (C=N–C) groups is 1. The number of imidazole rings is 1. The Bertz CT molecular complexity index is 818. The van der Waals surface area contributed by atoms with Gasteiger partial charge in [0.1, 0.15) is 11.6 Å². The second-order valence-corrected chi connectivity index (χ2v) is 7.41. The van der Waals surface area contributed by atoms with Gasteiger partial charge in [-0.15, -0.1) is 0 Å². The van der Waals surface area contributed by atoms with Crippen molar-refractivity contribution in [3.63, 3.8) is 0 Å². The molecule has 1 aliphatic rings. The number of aryl methyl sites for hydroxylation is 1. The number of nitrogens with zero attached hydrogens (tertiary/aromatic N) is 3. The maximum Gasteiger partial charge on any atom is 0.191 e. The lowest BCUT2D eigenvalue weighted by Crippen LogP contribution is -2.38. The van der Waals surface area contributed by atoms with Gasteiger partial charge in [0.05, 0.1) is 25.4 Å². The zero-order chi connectivity index (χ0) is 21.2. The van der Waals surface area contributed by atoms with E-state index in [1.165, 1.54) is 6.07 Å². The van der Waals surface area contributed by atoms with Crippen LogP contribution in [0.3, 0.4) is 0 Å². The second kappa shape index (κ2) is 11.7. The van der Waals surface area contributed by atoms with E-state index < -0.39 is 0 Å². The Hall–Kier alpha value is -2.45. The van der Waals surface area contributed by atoms with E-state index in [4.69, 9.17) is 9.47 Å². The van der Waals surface area contributed by atoms with Crippen LogP contribution in [0.25, 0.3) is 5.69 Å². The van der Waals surface area contributed by atoms with E-state index in [2.05, 4.69) is 20.6 Å². The van der Waals surface area contributed by atoms with Crippen LogP contribution in [0.1, 0.15) is 31.2 Å². The van der Waals surface area contributed by atoms with E-state index in [-0.39, 0.29) is 5.82 Å². The van der Waals surface area contributed by atoms with Gasteiger partial charge in [-0.05, 0) is 44.4 Å². The third-order valence-electron chi connectivity index (χ3n) is 5.00. The van der Waals surface area contributed by atoms with Crippen molar-refractivity contribution in [2.45, 2.75) is 33.2 Å². The summed E-state index contributed by atoms with van der Waals surface area (Å²) in [5, 5.41) is 6.52. The van der Waals surface area contributed by atoms with Gasteiger partial charge in [-0.3, -0.25) is 0 Å². The predicted octanol–water partition coefficient (Wildman–Crippen LogP) is 2.82. The minimum absolute atomic E-state index is 0.286. The maximum absolute atomic E-state index is 14.5. The first-order valence-corrected chi connectivity index (χ1v) is 10.6. The van der Waals surface area contributed by atoms with E-state index in [9.17, 15) is 4.39 Å². The third kappa shape index (κ3) is 6.53. The number of hydrogen-bond donors (Lipinski definition) is 2. The van der Waals surface area contributed by atoms with Crippen LogP contribution in [0.2, 0.25) is 0 Å². The molecule has 3 rings (SSSR count). The molecule has 1 aliphatic heterocycles. The summed E-state index contributed by atoms with van der Waals surface area (Å²) in [5.74, 6) is 1.73. The molecule has 1 aromatic heterocycles. The van der Waals surface area contributed by atoms with E-state index in [0.29, 0.717) is 24.8 Å². The first-order valence-electron chi connectivity index (χ1n) is 10.6. The fourth-order valence-electron chi connectivity index (χ4n) is 3.33. The molecule has 164 valence electrons. The van der Waals surface area contributed by atoms with Crippen LogP contribution >= 0.6 is 0 Å². The smallest absolute Gasteiger partial charge is 0.191 e. The fraction of sp³-hybridized carbons (Fsp3) is 0.545. The highest BCUT2D eigenvalue weighted by Gasteiger charge is 2.15. The summed E-state index contributed by atoms with van der Waals surface area (Å²) in [4.78, 5) is 8.71. The van der Waals surface area contributed by atoms with Gasteiger partial charge < -0.3 is 24.7 Å². The molecule has 0 radical (unpaired) electrons. The maximum atomic E-state index is 14.5. The van der Waals surface area contributed by atoms with E-state index in [0.717, 1.165) is 63.1 Å². The monoisotopic (exact) mass is 417 g/mol. The van der Waals surface area contributed by atoms with Crippen molar-refractivity contribution in [1.82, 2.24) is 20.2 Å². The van der Waals surface area contributed by atoms with Crippen LogP contribution < -0.4 is 10.6 Å². The van der Waals surface area contributed by atoms with Gasteiger partial charge >= 0.3 is 0 Å². The number of hydrogen-bond acceptors (Lipinski definition) is 4. The van der Waals surface area contributed by atoms with Crippen LogP contribution in [0, 0.1) is 18.7 Å². The summed E-state index contributed by atoms with van der Waals surface area (Å²) >= 11 is 0. The molecule has 30 heavy (non-hydrogen) atoms. The Labute approximate surface area is 177 Å². The summed E-state index contributed by atoms with van der Waals surface area (Å²) in [6.07, 6.45) is 5.41. The number of guanidine groups is 1. The Balaban J connectivity index is 1.45. The van der Waals surface area contributed by atoms with E-state index >= 15 is 0 Å². The molecular weight excluding hydrogens is 385 g/mol. The molecule has 1 aromatic carbocycles. The van der Waals surface area contributed by atoms with Gasteiger partial charge in [0.2, 0.25) is 0 Å². The van der Waals surface area contributed by atoms with Gasteiger partial charge in [-0.25, -0.2) is 14.4 Å². The molecule has 0 amide bonds. The molecule has 8 heteroatoms. The average Bonchev–Trinajstić information content (AvgIpc) is 3.40.